The molecule has 7 aromatic carbocycles. The van der Waals surface area contributed by atoms with Crippen LogP contribution in [0.4, 0.5) is 28.4 Å². The molecular weight excluding hydrogens is 743 g/mol. The molecule has 0 atom stereocenters. The molecule has 0 amide bonds. The smallest absolute Gasteiger partial charge is 0.0886 e. The van der Waals surface area contributed by atoms with E-state index < -0.39 is 0 Å². The summed E-state index contributed by atoms with van der Waals surface area (Å²) in [5.41, 5.74) is 18.7. The zero-order chi connectivity index (χ0) is 41.7. The summed E-state index contributed by atoms with van der Waals surface area (Å²) >= 11 is 0. The molecule has 0 bridgehead atoms. The van der Waals surface area contributed by atoms with Crippen LogP contribution in [0.5, 0.6) is 0 Å². The van der Waals surface area contributed by atoms with Gasteiger partial charge < -0.3 is 14.7 Å². The first-order valence-corrected chi connectivity index (χ1v) is 20.6. The summed E-state index contributed by atoms with van der Waals surface area (Å²) in [6, 6.07) is 71.3. The highest BCUT2D eigenvalue weighted by Gasteiger charge is 2.15. The zero-order valence-electron chi connectivity index (χ0n) is 34.9. The van der Waals surface area contributed by atoms with Gasteiger partial charge in [-0.05, 0) is 136 Å². The second-order valence-electron chi connectivity index (χ2n) is 15.7. The van der Waals surface area contributed by atoms with E-state index in [-0.39, 0.29) is 0 Å². The van der Waals surface area contributed by atoms with Crippen LogP contribution in [0, 0.1) is 0 Å². The zero-order valence-corrected chi connectivity index (χ0v) is 34.9. The number of rotatable bonds is 11. The Labute approximate surface area is 359 Å². The highest BCUT2D eigenvalue weighted by atomic mass is 15.1. The Morgan fingerprint density at radius 2 is 0.607 bits per heavy atom. The van der Waals surface area contributed by atoms with Gasteiger partial charge in [-0.25, -0.2) is 0 Å². The SMILES string of the molecule is CN(C)c1ccc(N(c2ccc(N(C)C)cc2)c2cccc(-c3cccc(-c4cccc(-c5cccc(-c6ccc(-c7ccc(-c8ccccc8)cn7)nc6)c5)c4)c3)c2)cc1. The minimum absolute atomic E-state index is 0.850. The monoisotopic (exact) mass is 789 g/mol. The molecule has 9 rings (SSSR count). The first kappa shape index (κ1) is 38.7. The Kier molecular flexibility index (Phi) is 10.9. The quantitative estimate of drug-likeness (QED) is 0.130. The van der Waals surface area contributed by atoms with Gasteiger partial charge in [-0.15, -0.1) is 0 Å². The molecule has 2 heterocycles. The minimum Gasteiger partial charge on any atom is -0.378 e. The molecule has 0 N–H and O–H groups in total. The molecule has 296 valence electrons. The first-order valence-electron chi connectivity index (χ1n) is 20.6. The second-order valence-corrected chi connectivity index (χ2v) is 15.7. The molecule has 61 heavy (non-hydrogen) atoms. The number of hydrogen-bond donors (Lipinski definition) is 0. The normalized spacial score (nSPS) is 11.0. The van der Waals surface area contributed by atoms with Gasteiger partial charge in [0.2, 0.25) is 0 Å². The summed E-state index contributed by atoms with van der Waals surface area (Å²) in [6.45, 7) is 0. The maximum absolute atomic E-state index is 4.81. The Balaban J connectivity index is 0.969. The summed E-state index contributed by atoms with van der Waals surface area (Å²) in [4.78, 5) is 16.1. The molecule has 0 aliphatic rings. The van der Waals surface area contributed by atoms with E-state index in [1.165, 1.54) is 11.1 Å². The van der Waals surface area contributed by atoms with Crippen molar-refractivity contribution in [2.75, 3.05) is 42.9 Å². The Morgan fingerprint density at radius 1 is 0.262 bits per heavy atom. The lowest BCUT2D eigenvalue weighted by Gasteiger charge is -2.27. The first-order chi connectivity index (χ1) is 29.9. The molecule has 2 aromatic heterocycles. The van der Waals surface area contributed by atoms with Crippen LogP contribution < -0.4 is 14.7 Å². The van der Waals surface area contributed by atoms with Gasteiger partial charge >= 0.3 is 0 Å². The molecule has 0 spiro atoms. The average Bonchev–Trinajstić information content (AvgIpc) is 3.32. The van der Waals surface area contributed by atoms with Crippen molar-refractivity contribution in [1.29, 1.82) is 0 Å². The third kappa shape index (κ3) is 8.54. The predicted octanol–water partition coefficient (Wildman–Crippen LogP) is 14.1. The van der Waals surface area contributed by atoms with Gasteiger partial charge in [0.1, 0.15) is 0 Å². The number of aromatic nitrogens is 2. The summed E-state index contributed by atoms with van der Waals surface area (Å²) < 4.78 is 0. The highest BCUT2D eigenvalue weighted by molar-refractivity contribution is 5.83. The molecule has 0 saturated carbocycles. The Bertz CT molecular complexity index is 2830. The van der Waals surface area contributed by atoms with E-state index in [0.29, 0.717) is 0 Å². The number of pyridine rings is 2. The number of hydrogen-bond acceptors (Lipinski definition) is 5. The fraction of sp³-hybridized carbons (Fsp3) is 0.0714. The topological polar surface area (TPSA) is 35.5 Å². The van der Waals surface area contributed by atoms with E-state index in [4.69, 9.17) is 9.97 Å². The summed E-state index contributed by atoms with van der Waals surface area (Å²) in [5, 5.41) is 0. The van der Waals surface area contributed by atoms with E-state index in [0.717, 1.165) is 84.3 Å². The van der Waals surface area contributed by atoms with Gasteiger partial charge in [0, 0.05) is 80.1 Å². The van der Waals surface area contributed by atoms with Crippen LogP contribution in [0.15, 0.2) is 213 Å². The van der Waals surface area contributed by atoms with Gasteiger partial charge in [-0.1, -0.05) is 109 Å². The van der Waals surface area contributed by atoms with Crippen molar-refractivity contribution in [2.24, 2.45) is 0 Å². The van der Waals surface area contributed by atoms with Crippen molar-refractivity contribution in [3.63, 3.8) is 0 Å². The fourth-order valence-electron chi connectivity index (χ4n) is 7.77. The number of nitrogens with zero attached hydrogens (tertiary/aromatic N) is 5. The van der Waals surface area contributed by atoms with Crippen LogP contribution in [-0.2, 0) is 0 Å². The summed E-state index contributed by atoms with van der Waals surface area (Å²) in [6.07, 6.45) is 3.86. The molecule has 5 heteroatoms. The van der Waals surface area contributed by atoms with Gasteiger partial charge in [0.15, 0.2) is 0 Å². The molecule has 0 unspecified atom stereocenters. The van der Waals surface area contributed by atoms with Crippen LogP contribution >= 0.6 is 0 Å². The third-order valence-electron chi connectivity index (χ3n) is 11.2. The van der Waals surface area contributed by atoms with Crippen LogP contribution in [0.25, 0.3) is 67.0 Å². The number of anilines is 5. The summed E-state index contributed by atoms with van der Waals surface area (Å²) in [7, 11) is 8.29. The molecule has 0 aliphatic carbocycles. The van der Waals surface area contributed by atoms with Gasteiger partial charge in [0.25, 0.3) is 0 Å². The van der Waals surface area contributed by atoms with Crippen LogP contribution in [0.1, 0.15) is 0 Å². The molecule has 0 fully saturated rings. The van der Waals surface area contributed by atoms with Gasteiger partial charge in [0.05, 0.1) is 11.4 Å². The Hall–Kier alpha value is -7.76. The van der Waals surface area contributed by atoms with Crippen molar-refractivity contribution in [2.45, 2.75) is 0 Å². The lowest BCUT2D eigenvalue weighted by atomic mass is 9.95. The van der Waals surface area contributed by atoms with E-state index in [1.54, 1.807) is 0 Å². The maximum Gasteiger partial charge on any atom is 0.0886 e. The highest BCUT2D eigenvalue weighted by Crippen LogP contribution is 2.39. The predicted molar refractivity (Wildman–Crippen MR) is 258 cm³/mol. The molecular formula is C56H47N5. The Morgan fingerprint density at radius 3 is 1.00 bits per heavy atom. The number of benzene rings is 7. The maximum atomic E-state index is 4.81. The van der Waals surface area contributed by atoms with E-state index in [1.807, 2.05) is 36.7 Å². The molecule has 9 aromatic rings. The fourth-order valence-corrected chi connectivity index (χ4v) is 7.77. The van der Waals surface area contributed by atoms with Crippen molar-refractivity contribution >= 4 is 28.4 Å². The van der Waals surface area contributed by atoms with Crippen LogP contribution in [0.2, 0.25) is 0 Å². The van der Waals surface area contributed by atoms with Crippen molar-refractivity contribution in [1.82, 2.24) is 9.97 Å². The molecule has 0 radical (unpaired) electrons. The largest absolute Gasteiger partial charge is 0.378 e. The molecule has 0 saturated heterocycles. The second kappa shape index (κ2) is 17.2. The molecule has 0 aliphatic heterocycles. The van der Waals surface area contributed by atoms with Crippen molar-refractivity contribution in [3.05, 3.63) is 213 Å². The average molecular weight is 790 g/mol. The van der Waals surface area contributed by atoms with Crippen molar-refractivity contribution < 1.29 is 0 Å². The lowest BCUT2D eigenvalue weighted by molar-refractivity contribution is 1.13. The van der Waals surface area contributed by atoms with Crippen LogP contribution in [0.3, 0.4) is 0 Å². The summed E-state index contributed by atoms with van der Waals surface area (Å²) in [5.74, 6) is 0. The third-order valence-corrected chi connectivity index (χ3v) is 11.2. The van der Waals surface area contributed by atoms with E-state index in [9.17, 15) is 0 Å². The van der Waals surface area contributed by atoms with E-state index >= 15 is 0 Å². The van der Waals surface area contributed by atoms with Crippen molar-refractivity contribution in [3.8, 4) is 67.0 Å². The van der Waals surface area contributed by atoms with Crippen LogP contribution in [-0.4, -0.2) is 38.2 Å². The minimum atomic E-state index is 0.850. The lowest BCUT2D eigenvalue weighted by Crippen LogP contribution is -2.12. The van der Waals surface area contributed by atoms with Gasteiger partial charge in [-0.3, -0.25) is 9.97 Å². The molecule has 5 nitrogen and oxygen atoms in total. The van der Waals surface area contributed by atoms with E-state index in [2.05, 4.69) is 219 Å². The van der Waals surface area contributed by atoms with Gasteiger partial charge in [-0.2, -0.15) is 0 Å². The standard InChI is InChI=1S/C56H47N5/c1-59(2)50-24-28-52(29-25-50)61(53-30-26-51(27-31-53)60(3)4)54-21-11-20-47(37-54)45-18-9-16-43(35-45)41-14-8-15-42(34-41)44-17-10-19-46(36-44)49-23-33-56(58-39-49)55-32-22-48(38-57-55)40-12-6-5-7-13-40/h5-39H,1-4H3.